The molecule has 5 rings (SSSR count). The Bertz CT molecular complexity index is 1140. The fourth-order valence-corrected chi connectivity index (χ4v) is 3.45. The molecule has 1 saturated heterocycles. The molecule has 3 aromatic heterocycles. The molecule has 1 fully saturated rings. The molecule has 0 saturated carbocycles. The van der Waals surface area contributed by atoms with E-state index in [1.54, 1.807) is 18.6 Å². The fourth-order valence-electron chi connectivity index (χ4n) is 3.45. The summed E-state index contributed by atoms with van der Waals surface area (Å²) in [5.74, 6) is 1.60. The summed E-state index contributed by atoms with van der Waals surface area (Å²) < 4.78 is 11.2. The lowest BCUT2D eigenvalue weighted by atomic mass is 10.2. The first-order chi connectivity index (χ1) is 15.8. The summed E-state index contributed by atoms with van der Waals surface area (Å²) in [7, 11) is 0. The highest BCUT2D eigenvalue weighted by atomic mass is 16.5. The zero-order chi connectivity index (χ0) is 21.6. The molecule has 0 atom stereocenters. The molecule has 4 heterocycles. The highest BCUT2D eigenvalue weighted by Crippen LogP contribution is 2.24. The number of morpholine rings is 1. The molecule has 162 valence electrons. The summed E-state index contributed by atoms with van der Waals surface area (Å²) in [6.45, 7) is 5.39. The predicted octanol–water partition coefficient (Wildman–Crippen LogP) is 3.00. The second kappa shape index (κ2) is 9.63. The first kappa shape index (κ1) is 20.2. The van der Waals surface area contributed by atoms with Crippen LogP contribution in [0.5, 0.6) is 0 Å². The van der Waals surface area contributed by atoms with Crippen LogP contribution >= 0.6 is 0 Å². The number of aromatic nitrogens is 5. The van der Waals surface area contributed by atoms with E-state index in [1.165, 1.54) is 0 Å². The molecule has 0 bridgehead atoms. The third-order valence-electron chi connectivity index (χ3n) is 5.20. The summed E-state index contributed by atoms with van der Waals surface area (Å²) >= 11 is 0. The highest BCUT2D eigenvalue weighted by molar-refractivity contribution is 5.62. The van der Waals surface area contributed by atoms with Gasteiger partial charge in [-0.3, -0.25) is 9.88 Å². The Hall–Kier alpha value is -3.69. The number of anilines is 1. The molecular formula is C23H23N7O2. The van der Waals surface area contributed by atoms with Gasteiger partial charge in [0.2, 0.25) is 5.89 Å². The fraction of sp³-hybridized carbons (Fsp3) is 0.261. The van der Waals surface area contributed by atoms with Crippen molar-refractivity contribution in [1.29, 1.82) is 0 Å². The summed E-state index contributed by atoms with van der Waals surface area (Å²) in [5, 5.41) is 11.6. The van der Waals surface area contributed by atoms with Gasteiger partial charge in [0, 0.05) is 43.5 Å². The number of pyridine rings is 1. The van der Waals surface area contributed by atoms with Crippen molar-refractivity contribution in [2.75, 3.05) is 44.7 Å². The van der Waals surface area contributed by atoms with Crippen molar-refractivity contribution in [3.63, 3.8) is 0 Å². The Labute approximate surface area is 185 Å². The Balaban J connectivity index is 1.25. The van der Waals surface area contributed by atoms with Gasteiger partial charge in [0.15, 0.2) is 0 Å². The van der Waals surface area contributed by atoms with Crippen molar-refractivity contribution < 1.29 is 9.15 Å². The monoisotopic (exact) mass is 429 g/mol. The number of hydrogen-bond donors (Lipinski definition) is 1. The average molecular weight is 429 g/mol. The molecule has 0 aliphatic carbocycles. The maximum Gasteiger partial charge on any atom is 0.268 e. The summed E-state index contributed by atoms with van der Waals surface area (Å²) in [6.07, 6.45) is 5.09. The van der Waals surface area contributed by atoms with Crippen molar-refractivity contribution in [2.45, 2.75) is 0 Å². The van der Waals surface area contributed by atoms with Gasteiger partial charge >= 0.3 is 0 Å². The van der Waals surface area contributed by atoms with Crippen molar-refractivity contribution in [2.24, 2.45) is 0 Å². The molecule has 32 heavy (non-hydrogen) atoms. The van der Waals surface area contributed by atoms with Crippen LogP contribution in [0.15, 0.2) is 65.5 Å². The standard InChI is InChI=1S/C23H23N7O2/c1-2-4-17(5-3-1)22-28-29-23(32-22)20-16-24-15-19(27-20)18-6-7-21(26-14-18)25-8-9-30-10-12-31-13-11-30/h1-7,14-16H,8-13H2,(H,25,26). The van der Waals surface area contributed by atoms with Gasteiger partial charge in [-0.15, -0.1) is 10.2 Å². The molecule has 0 amide bonds. The van der Waals surface area contributed by atoms with E-state index in [0.717, 1.165) is 56.3 Å². The van der Waals surface area contributed by atoms with Crippen molar-refractivity contribution in [3.8, 4) is 34.3 Å². The van der Waals surface area contributed by atoms with Gasteiger partial charge in [0.1, 0.15) is 11.5 Å². The minimum absolute atomic E-state index is 0.326. The SMILES string of the molecule is c1ccc(-c2nnc(-c3cncc(-c4ccc(NCCN5CCOCC5)nc4)n3)o2)cc1. The van der Waals surface area contributed by atoms with Gasteiger partial charge in [-0.2, -0.15) is 0 Å². The summed E-state index contributed by atoms with van der Waals surface area (Å²) in [5.41, 5.74) is 2.93. The van der Waals surface area contributed by atoms with Crippen LogP contribution in [0.25, 0.3) is 34.3 Å². The number of nitrogens with one attached hydrogen (secondary N) is 1. The van der Waals surface area contributed by atoms with Gasteiger partial charge in [0.05, 0.1) is 31.3 Å². The van der Waals surface area contributed by atoms with E-state index in [4.69, 9.17) is 9.15 Å². The van der Waals surface area contributed by atoms with E-state index < -0.39 is 0 Å². The van der Waals surface area contributed by atoms with Crippen LogP contribution in [0.1, 0.15) is 0 Å². The van der Waals surface area contributed by atoms with Crippen LogP contribution in [0.3, 0.4) is 0 Å². The van der Waals surface area contributed by atoms with E-state index in [9.17, 15) is 0 Å². The average Bonchev–Trinajstić information content (AvgIpc) is 3.36. The van der Waals surface area contributed by atoms with Gasteiger partial charge in [-0.25, -0.2) is 9.97 Å². The third-order valence-corrected chi connectivity index (χ3v) is 5.20. The number of nitrogens with zero attached hydrogens (tertiary/aromatic N) is 6. The molecule has 9 heteroatoms. The lowest BCUT2D eigenvalue weighted by molar-refractivity contribution is 0.0398. The summed E-state index contributed by atoms with van der Waals surface area (Å²) in [6, 6.07) is 13.5. The topological polar surface area (TPSA) is 102 Å². The van der Waals surface area contributed by atoms with Gasteiger partial charge in [-0.1, -0.05) is 18.2 Å². The molecule has 0 spiro atoms. The quantitative estimate of drug-likeness (QED) is 0.475. The minimum Gasteiger partial charge on any atom is -0.415 e. The summed E-state index contributed by atoms with van der Waals surface area (Å²) in [4.78, 5) is 15.8. The van der Waals surface area contributed by atoms with Crippen LogP contribution < -0.4 is 5.32 Å². The largest absolute Gasteiger partial charge is 0.415 e. The molecule has 1 aromatic carbocycles. The van der Waals surface area contributed by atoms with Crippen LogP contribution in [-0.4, -0.2) is 69.4 Å². The number of ether oxygens (including phenoxy) is 1. The molecule has 0 radical (unpaired) electrons. The van der Waals surface area contributed by atoms with E-state index in [2.05, 4.69) is 35.4 Å². The second-order valence-electron chi connectivity index (χ2n) is 7.38. The number of benzene rings is 1. The third kappa shape index (κ3) is 4.79. The van der Waals surface area contributed by atoms with Gasteiger partial charge in [-0.05, 0) is 24.3 Å². The molecule has 0 unspecified atom stereocenters. The Morgan fingerprint density at radius 3 is 2.47 bits per heavy atom. The zero-order valence-corrected chi connectivity index (χ0v) is 17.5. The van der Waals surface area contributed by atoms with Gasteiger partial charge in [0.25, 0.3) is 5.89 Å². The normalized spacial score (nSPS) is 14.4. The Morgan fingerprint density at radius 1 is 0.844 bits per heavy atom. The number of rotatable bonds is 7. The van der Waals surface area contributed by atoms with E-state index in [1.807, 2.05) is 42.5 Å². The maximum absolute atomic E-state index is 5.80. The molecule has 1 aliphatic heterocycles. The lowest BCUT2D eigenvalue weighted by Crippen LogP contribution is -2.39. The lowest BCUT2D eigenvalue weighted by Gasteiger charge is -2.26. The second-order valence-corrected chi connectivity index (χ2v) is 7.38. The first-order valence-corrected chi connectivity index (χ1v) is 10.6. The molecule has 4 aromatic rings. The van der Waals surface area contributed by atoms with Crippen molar-refractivity contribution >= 4 is 5.82 Å². The zero-order valence-electron chi connectivity index (χ0n) is 17.5. The van der Waals surface area contributed by atoms with Crippen molar-refractivity contribution in [1.82, 2.24) is 30.0 Å². The maximum atomic E-state index is 5.80. The number of hydrogen-bond acceptors (Lipinski definition) is 9. The van der Waals surface area contributed by atoms with E-state index in [-0.39, 0.29) is 0 Å². The first-order valence-electron chi connectivity index (χ1n) is 10.6. The predicted molar refractivity (Wildman–Crippen MR) is 120 cm³/mol. The van der Waals surface area contributed by atoms with Crippen molar-refractivity contribution in [3.05, 3.63) is 61.1 Å². The minimum atomic E-state index is 0.326. The highest BCUT2D eigenvalue weighted by Gasteiger charge is 2.13. The van der Waals surface area contributed by atoms with Crippen LogP contribution in [0.4, 0.5) is 5.82 Å². The van der Waals surface area contributed by atoms with E-state index >= 15 is 0 Å². The Kier molecular flexibility index (Phi) is 6.09. The van der Waals surface area contributed by atoms with Crippen LogP contribution in [0.2, 0.25) is 0 Å². The van der Waals surface area contributed by atoms with E-state index in [0.29, 0.717) is 23.2 Å². The van der Waals surface area contributed by atoms with Gasteiger partial charge < -0.3 is 14.5 Å². The molecular weight excluding hydrogens is 406 g/mol. The smallest absolute Gasteiger partial charge is 0.268 e. The molecule has 1 N–H and O–H groups in total. The molecule has 9 nitrogen and oxygen atoms in total. The van der Waals surface area contributed by atoms with Crippen LogP contribution in [0, 0.1) is 0 Å². The molecule has 1 aliphatic rings. The van der Waals surface area contributed by atoms with Crippen LogP contribution in [-0.2, 0) is 4.74 Å². The Morgan fingerprint density at radius 2 is 1.66 bits per heavy atom.